The molecule has 4 heteroatoms. The van der Waals surface area contributed by atoms with Gasteiger partial charge in [0.1, 0.15) is 0 Å². The van der Waals surface area contributed by atoms with Gasteiger partial charge >= 0.3 is 0 Å². The van der Waals surface area contributed by atoms with Crippen molar-refractivity contribution in [3.63, 3.8) is 0 Å². The van der Waals surface area contributed by atoms with Gasteiger partial charge in [0.2, 0.25) is 0 Å². The molecule has 1 aliphatic rings. The van der Waals surface area contributed by atoms with Gasteiger partial charge in [-0.05, 0) is 45.6 Å². The fourth-order valence-corrected chi connectivity index (χ4v) is 2.62. The maximum atomic E-state index is 9.65. The van der Waals surface area contributed by atoms with Crippen molar-refractivity contribution in [2.24, 2.45) is 0 Å². The Morgan fingerprint density at radius 2 is 2.17 bits per heavy atom. The summed E-state index contributed by atoms with van der Waals surface area (Å²) in [5.41, 5.74) is -0.120. The first-order valence-corrected chi connectivity index (χ1v) is 7.31. The van der Waals surface area contributed by atoms with Crippen molar-refractivity contribution in [3.05, 3.63) is 0 Å². The second kappa shape index (κ2) is 8.86. The molecule has 2 unspecified atom stereocenters. The van der Waals surface area contributed by atoms with E-state index in [0.717, 1.165) is 45.3 Å². The molecule has 0 bridgehead atoms. The summed E-state index contributed by atoms with van der Waals surface area (Å²) in [6.45, 7) is 7.38. The molecule has 0 heterocycles. The van der Waals surface area contributed by atoms with Crippen molar-refractivity contribution < 1.29 is 14.6 Å². The fourth-order valence-electron chi connectivity index (χ4n) is 2.62. The van der Waals surface area contributed by atoms with Gasteiger partial charge in [-0.3, -0.25) is 0 Å². The molecule has 0 aromatic rings. The maximum absolute atomic E-state index is 9.65. The summed E-state index contributed by atoms with van der Waals surface area (Å²) in [7, 11) is 0. The summed E-state index contributed by atoms with van der Waals surface area (Å²) in [5.74, 6) is 0. The second-order valence-electron chi connectivity index (χ2n) is 5.15. The number of aliphatic hydroxyl groups is 1. The zero-order valence-corrected chi connectivity index (χ0v) is 11.9. The van der Waals surface area contributed by atoms with E-state index in [1.54, 1.807) is 0 Å². The van der Waals surface area contributed by atoms with Gasteiger partial charge in [-0.2, -0.15) is 0 Å². The minimum absolute atomic E-state index is 0.120. The lowest BCUT2D eigenvalue weighted by atomic mass is 9.80. The van der Waals surface area contributed by atoms with E-state index in [9.17, 15) is 5.11 Å². The first-order chi connectivity index (χ1) is 8.76. The Morgan fingerprint density at radius 3 is 2.83 bits per heavy atom. The average Bonchev–Trinajstić information content (AvgIpc) is 2.42. The van der Waals surface area contributed by atoms with Gasteiger partial charge in [0, 0.05) is 12.1 Å². The van der Waals surface area contributed by atoms with E-state index in [4.69, 9.17) is 9.47 Å². The van der Waals surface area contributed by atoms with E-state index in [0.29, 0.717) is 13.2 Å². The number of hydrogen-bond donors (Lipinski definition) is 2. The van der Waals surface area contributed by atoms with Crippen LogP contribution in [0.3, 0.4) is 0 Å². The molecule has 0 spiro atoms. The summed E-state index contributed by atoms with van der Waals surface area (Å²) in [4.78, 5) is 0. The molecule has 1 rings (SSSR count). The molecule has 0 aromatic carbocycles. The summed E-state index contributed by atoms with van der Waals surface area (Å²) < 4.78 is 11.1. The van der Waals surface area contributed by atoms with Crippen molar-refractivity contribution >= 4 is 0 Å². The highest BCUT2D eigenvalue weighted by Gasteiger charge is 2.35. The number of rotatable bonds is 9. The molecule has 1 fully saturated rings. The van der Waals surface area contributed by atoms with Crippen LogP contribution in [0.4, 0.5) is 0 Å². The van der Waals surface area contributed by atoms with Crippen LogP contribution in [0.2, 0.25) is 0 Å². The Bertz CT molecular complexity index is 213. The van der Waals surface area contributed by atoms with E-state index in [1.165, 1.54) is 0 Å². The van der Waals surface area contributed by atoms with Gasteiger partial charge < -0.3 is 19.9 Å². The summed E-state index contributed by atoms with van der Waals surface area (Å²) in [6.07, 6.45) is 5.54. The molecule has 4 nitrogen and oxygen atoms in total. The number of aliphatic hydroxyl groups excluding tert-OH is 1. The van der Waals surface area contributed by atoms with Crippen LogP contribution in [0, 0.1) is 0 Å². The molecule has 2 N–H and O–H groups in total. The molecule has 0 amide bonds. The van der Waals surface area contributed by atoms with Crippen LogP contribution in [-0.2, 0) is 9.47 Å². The third-order valence-electron chi connectivity index (χ3n) is 3.64. The smallest absolute Gasteiger partial charge is 0.0704 e. The lowest BCUT2D eigenvalue weighted by Crippen LogP contribution is -2.53. The minimum Gasteiger partial charge on any atom is -0.394 e. The van der Waals surface area contributed by atoms with Crippen LogP contribution in [-0.4, -0.2) is 49.7 Å². The van der Waals surface area contributed by atoms with Crippen LogP contribution in [0.25, 0.3) is 0 Å². The third kappa shape index (κ3) is 5.22. The van der Waals surface area contributed by atoms with Crippen LogP contribution in [0.5, 0.6) is 0 Å². The monoisotopic (exact) mass is 259 g/mol. The highest BCUT2D eigenvalue weighted by molar-refractivity contribution is 4.93. The molecule has 0 aromatic heterocycles. The van der Waals surface area contributed by atoms with Gasteiger partial charge in [-0.25, -0.2) is 0 Å². The summed E-state index contributed by atoms with van der Waals surface area (Å²) >= 11 is 0. The second-order valence-corrected chi connectivity index (χ2v) is 5.15. The van der Waals surface area contributed by atoms with Crippen LogP contribution in [0.15, 0.2) is 0 Å². The molecular formula is C14H29NO3. The molecule has 1 saturated carbocycles. The normalized spacial score (nSPS) is 28.5. The quantitative estimate of drug-likeness (QED) is 0.619. The zero-order valence-electron chi connectivity index (χ0n) is 11.9. The highest BCUT2D eigenvalue weighted by Crippen LogP contribution is 2.29. The third-order valence-corrected chi connectivity index (χ3v) is 3.64. The molecule has 0 saturated heterocycles. The molecule has 0 radical (unpaired) electrons. The first kappa shape index (κ1) is 15.9. The minimum atomic E-state index is -0.120. The summed E-state index contributed by atoms with van der Waals surface area (Å²) in [5, 5.41) is 13.2. The first-order valence-electron chi connectivity index (χ1n) is 7.31. The zero-order chi connectivity index (χ0) is 13.3. The Labute approximate surface area is 111 Å². The summed E-state index contributed by atoms with van der Waals surface area (Å²) in [6, 6.07) is 0. The molecule has 1 aliphatic carbocycles. The van der Waals surface area contributed by atoms with Gasteiger partial charge in [0.25, 0.3) is 0 Å². The van der Waals surface area contributed by atoms with Crippen LogP contribution < -0.4 is 5.32 Å². The molecule has 18 heavy (non-hydrogen) atoms. The van der Waals surface area contributed by atoms with Gasteiger partial charge in [0.05, 0.1) is 25.9 Å². The Kier molecular flexibility index (Phi) is 7.82. The number of ether oxygens (including phenoxy) is 2. The van der Waals surface area contributed by atoms with E-state index in [1.807, 2.05) is 6.92 Å². The SMILES string of the molecule is CCCNC1(CO)CCCC(OCCOCC)C1. The van der Waals surface area contributed by atoms with E-state index in [-0.39, 0.29) is 18.2 Å². The topological polar surface area (TPSA) is 50.7 Å². The lowest BCUT2D eigenvalue weighted by Gasteiger charge is -2.40. The van der Waals surface area contributed by atoms with Crippen molar-refractivity contribution in [2.45, 2.75) is 57.6 Å². The average molecular weight is 259 g/mol. The van der Waals surface area contributed by atoms with Crippen LogP contribution in [0.1, 0.15) is 46.0 Å². The Hall–Kier alpha value is -0.160. The van der Waals surface area contributed by atoms with E-state index >= 15 is 0 Å². The maximum Gasteiger partial charge on any atom is 0.0704 e. The van der Waals surface area contributed by atoms with Crippen molar-refractivity contribution in [2.75, 3.05) is 33.0 Å². The highest BCUT2D eigenvalue weighted by atomic mass is 16.5. The van der Waals surface area contributed by atoms with E-state index < -0.39 is 0 Å². The Balaban J connectivity index is 2.33. The fraction of sp³-hybridized carbons (Fsp3) is 1.00. The standard InChI is InChI=1S/C14H29NO3/c1-3-8-15-14(12-16)7-5-6-13(11-14)18-10-9-17-4-2/h13,15-16H,3-12H2,1-2H3. The van der Waals surface area contributed by atoms with E-state index in [2.05, 4.69) is 12.2 Å². The van der Waals surface area contributed by atoms with Crippen molar-refractivity contribution in [3.8, 4) is 0 Å². The van der Waals surface area contributed by atoms with Crippen molar-refractivity contribution in [1.82, 2.24) is 5.32 Å². The largest absolute Gasteiger partial charge is 0.394 e. The van der Waals surface area contributed by atoms with Gasteiger partial charge in [0.15, 0.2) is 0 Å². The predicted molar refractivity (Wildman–Crippen MR) is 72.8 cm³/mol. The number of hydrogen-bond acceptors (Lipinski definition) is 4. The van der Waals surface area contributed by atoms with Gasteiger partial charge in [-0.1, -0.05) is 6.92 Å². The van der Waals surface area contributed by atoms with Crippen molar-refractivity contribution in [1.29, 1.82) is 0 Å². The molecule has 108 valence electrons. The van der Waals surface area contributed by atoms with Crippen LogP contribution >= 0.6 is 0 Å². The Morgan fingerprint density at radius 1 is 1.33 bits per heavy atom. The number of nitrogens with one attached hydrogen (secondary N) is 1. The van der Waals surface area contributed by atoms with Gasteiger partial charge in [-0.15, -0.1) is 0 Å². The molecular weight excluding hydrogens is 230 g/mol. The molecule has 0 aliphatic heterocycles. The predicted octanol–water partition coefficient (Wildman–Crippen LogP) is 1.71. The lowest BCUT2D eigenvalue weighted by molar-refractivity contribution is -0.0364. The molecule has 2 atom stereocenters.